The fourth-order valence-corrected chi connectivity index (χ4v) is 5.69. The Hall–Kier alpha value is -1.13. The zero-order chi connectivity index (χ0) is 16.0. The van der Waals surface area contributed by atoms with Crippen molar-refractivity contribution in [1.82, 2.24) is 0 Å². The van der Waals surface area contributed by atoms with Crippen LogP contribution in [0.25, 0.3) is 0 Å². The Labute approximate surface area is 147 Å². The van der Waals surface area contributed by atoms with E-state index in [2.05, 4.69) is 28.1 Å². The molecular formula is C18H15BrClNO2. The molecule has 0 unspecified atom stereocenters. The fraction of sp³-hybridized carbons (Fsp3) is 0.444. The monoisotopic (exact) mass is 391 g/mol. The minimum Gasteiger partial charge on any atom is -0.274 e. The van der Waals surface area contributed by atoms with E-state index in [1.807, 2.05) is 13.0 Å². The number of hydrogen-bond acceptors (Lipinski definition) is 2. The second-order valence-electron chi connectivity index (χ2n) is 7.22. The molecule has 6 atom stereocenters. The van der Waals surface area contributed by atoms with E-state index >= 15 is 0 Å². The molecule has 2 saturated carbocycles. The van der Waals surface area contributed by atoms with Gasteiger partial charge in [-0.1, -0.05) is 23.8 Å². The molecule has 118 valence electrons. The maximum Gasteiger partial charge on any atom is 0.238 e. The summed E-state index contributed by atoms with van der Waals surface area (Å²) in [6.45, 7) is 1.91. The first-order valence-electron chi connectivity index (χ1n) is 8.01. The maximum absolute atomic E-state index is 13.1. The number of anilines is 1. The van der Waals surface area contributed by atoms with Crippen LogP contribution in [0.2, 0.25) is 5.02 Å². The zero-order valence-corrected chi connectivity index (χ0v) is 14.8. The van der Waals surface area contributed by atoms with Crippen molar-refractivity contribution in [3.05, 3.63) is 39.3 Å². The van der Waals surface area contributed by atoms with Crippen LogP contribution < -0.4 is 4.90 Å². The van der Waals surface area contributed by atoms with Crippen LogP contribution in [0, 0.1) is 42.4 Å². The largest absolute Gasteiger partial charge is 0.274 e. The average Bonchev–Trinajstić information content (AvgIpc) is 3.29. The highest BCUT2D eigenvalue weighted by Crippen LogP contribution is 2.65. The van der Waals surface area contributed by atoms with Gasteiger partial charge in [-0.2, -0.15) is 0 Å². The molecule has 1 aromatic carbocycles. The Morgan fingerprint density at radius 1 is 1.09 bits per heavy atom. The van der Waals surface area contributed by atoms with Crippen molar-refractivity contribution in [2.75, 3.05) is 4.90 Å². The predicted molar refractivity (Wildman–Crippen MR) is 91.1 cm³/mol. The lowest BCUT2D eigenvalue weighted by atomic mass is 9.63. The summed E-state index contributed by atoms with van der Waals surface area (Å²) < 4.78 is 0.778. The molecule has 0 radical (unpaired) electrons. The van der Waals surface area contributed by atoms with Gasteiger partial charge in [0.05, 0.1) is 22.5 Å². The standard InChI is InChI=1S/C18H15BrClNO2/c1-7-4-12(19)13(20)6-14(7)21-17(22)15-8-2-3-9(11-5-10(8)11)16(15)18(21)23/h2-4,6,8-11,15-16H,5H2,1H3/t8-,9-,10-,11-,15-,16+/m0/s1. The first-order chi connectivity index (χ1) is 11.0. The molecule has 23 heavy (non-hydrogen) atoms. The summed E-state index contributed by atoms with van der Waals surface area (Å²) in [7, 11) is 0. The van der Waals surface area contributed by atoms with Gasteiger partial charge in [-0.3, -0.25) is 9.59 Å². The van der Waals surface area contributed by atoms with Gasteiger partial charge < -0.3 is 0 Å². The highest BCUT2D eigenvalue weighted by atomic mass is 79.9. The molecule has 1 saturated heterocycles. The Morgan fingerprint density at radius 3 is 2.22 bits per heavy atom. The van der Waals surface area contributed by atoms with E-state index in [0.717, 1.165) is 10.0 Å². The predicted octanol–water partition coefficient (Wildman–Crippen LogP) is 3.97. The highest BCUT2D eigenvalue weighted by Gasteiger charge is 2.67. The van der Waals surface area contributed by atoms with Gasteiger partial charge in [0.2, 0.25) is 11.8 Å². The summed E-state index contributed by atoms with van der Waals surface area (Å²) in [5.74, 6) is 1.35. The molecule has 6 rings (SSSR count). The summed E-state index contributed by atoms with van der Waals surface area (Å²) in [6, 6.07) is 3.59. The van der Waals surface area contributed by atoms with Crippen molar-refractivity contribution < 1.29 is 9.59 Å². The van der Waals surface area contributed by atoms with Gasteiger partial charge in [-0.15, -0.1) is 0 Å². The molecule has 3 fully saturated rings. The third-order valence-corrected chi connectivity index (χ3v) is 7.34. The molecule has 4 aliphatic carbocycles. The van der Waals surface area contributed by atoms with Gasteiger partial charge in [-0.25, -0.2) is 4.90 Å². The average molecular weight is 393 g/mol. The van der Waals surface area contributed by atoms with Gasteiger partial charge in [0.15, 0.2) is 0 Å². The number of hydrogen-bond donors (Lipinski definition) is 0. The molecule has 2 amide bonds. The van der Waals surface area contributed by atoms with Crippen molar-refractivity contribution in [1.29, 1.82) is 0 Å². The summed E-state index contributed by atoms with van der Waals surface area (Å²) in [5, 5.41) is 0.519. The quantitative estimate of drug-likeness (QED) is 0.536. The number of benzene rings is 1. The smallest absolute Gasteiger partial charge is 0.238 e. The molecule has 5 aliphatic rings. The van der Waals surface area contributed by atoms with Crippen LogP contribution in [0.4, 0.5) is 5.69 Å². The van der Waals surface area contributed by atoms with Crippen molar-refractivity contribution in [2.45, 2.75) is 13.3 Å². The van der Waals surface area contributed by atoms with E-state index < -0.39 is 0 Å². The summed E-state index contributed by atoms with van der Waals surface area (Å²) in [4.78, 5) is 27.5. The lowest BCUT2D eigenvalue weighted by Gasteiger charge is -2.37. The van der Waals surface area contributed by atoms with Crippen molar-refractivity contribution in [3.63, 3.8) is 0 Å². The first kappa shape index (κ1) is 14.2. The Morgan fingerprint density at radius 2 is 1.65 bits per heavy atom. The molecule has 3 nitrogen and oxygen atoms in total. The van der Waals surface area contributed by atoms with E-state index in [1.54, 1.807) is 6.07 Å². The van der Waals surface area contributed by atoms with Gasteiger partial charge >= 0.3 is 0 Å². The van der Waals surface area contributed by atoms with Crippen molar-refractivity contribution >= 4 is 45.0 Å². The lowest BCUT2D eigenvalue weighted by Crippen LogP contribution is -2.40. The molecule has 0 spiro atoms. The summed E-state index contributed by atoms with van der Waals surface area (Å²) in [5.41, 5.74) is 1.52. The minimum atomic E-state index is -0.164. The van der Waals surface area contributed by atoms with E-state index in [-0.39, 0.29) is 35.5 Å². The SMILES string of the molecule is Cc1cc(Br)c(Cl)cc1N1C(=O)[C@@H]2[C@H]3C=C[C@@H]([C@@H]4C[C@@H]34)[C@@H]2C1=O. The Kier molecular flexibility index (Phi) is 2.77. The van der Waals surface area contributed by atoms with Gasteiger partial charge in [0, 0.05) is 4.47 Å². The second kappa shape index (κ2) is 4.48. The number of carbonyl (C=O) groups is 2. The molecule has 1 aliphatic heterocycles. The summed E-state index contributed by atoms with van der Waals surface area (Å²) in [6.07, 6.45) is 5.56. The zero-order valence-electron chi connectivity index (χ0n) is 12.5. The molecule has 1 heterocycles. The van der Waals surface area contributed by atoms with Gasteiger partial charge in [0.1, 0.15) is 0 Å². The number of imide groups is 1. The number of amides is 2. The number of rotatable bonds is 1. The topological polar surface area (TPSA) is 37.4 Å². The van der Waals surface area contributed by atoms with Gasteiger partial charge in [-0.05, 0) is 70.6 Å². The van der Waals surface area contributed by atoms with Crippen LogP contribution in [0.3, 0.4) is 0 Å². The molecule has 0 N–H and O–H groups in total. The minimum absolute atomic E-state index is 0.0359. The van der Waals surface area contributed by atoms with Crippen molar-refractivity contribution in [3.8, 4) is 0 Å². The number of allylic oxidation sites excluding steroid dienone is 2. The van der Waals surface area contributed by atoms with Crippen LogP contribution in [-0.2, 0) is 9.59 Å². The molecule has 2 bridgehead atoms. The van der Waals surface area contributed by atoms with Crippen LogP contribution in [0.5, 0.6) is 0 Å². The number of aryl methyl sites for hydroxylation is 1. The fourth-order valence-electron chi connectivity index (χ4n) is 5.07. The normalized spacial score (nSPS) is 39.7. The molecule has 1 aromatic rings. The molecule has 5 heteroatoms. The van der Waals surface area contributed by atoms with Crippen LogP contribution in [0.1, 0.15) is 12.0 Å². The van der Waals surface area contributed by atoms with E-state index in [4.69, 9.17) is 11.6 Å². The first-order valence-corrected chi connectivity index (χ1v) is 9.18. The number of nitrogens with zero attached hydrogens (tertiary/aromatic N) is 1. The second-order valence-corrected chi connectivity index (χ2v) is 8.48. The Balaban J connectivity index is 1.61. The molecule has 0 aromatic heterocycles. The third kappa shape index (κ3) is 1.71. The van der Waals surface area contributed by atoms with Crippen LogP contribution in [0.15, 0.2) is 28.8 Å². The maximum atomic E-state index is 13.1. The van der Waals surface area contributed by atoms with E-state index in [1.165, 1.54) is 11.3 Å². The third-order valence-electron chi connectivity index (χ3n) is 6.14. The Bertz CT molecular complexity index is 768. The number of carbonyl (C=O) groups excluding carboxylic acids is 2. The molecular weight excluding hydrogens is 378 g/mol. The van der Waals surface area contributed by atoms with Crippen LogP contribution in [-0.4, -0.2) is 11.8 Å². The van der Waals surface area contributed by atoms with Crippen molar-refractivity contribution in [2.24, 2.45) is 35.5 Å². The summed E-state index contributed by atoms with van der Waals surface area (Å²) >= 11 is 9.60. The van der Waals surface area contributed by atoms with Gasteiger partial charge in [0.25, 0.3) is 0 Å². The highest BCUT2D eigenvalue weighted by molar-refractivity contribution is 9.10. The van der Waals surface area contributed by atoms with E-state index in [9.17, 15) is 9.59 Å². The van der Waals surface area contributed by atoms with Crippen LogP contribution >= 0.6 is 27.5 Å². The lowest BCUT2D eigenvalue weighted by molar-refractivity contribution is -0.124. The van der Waals surface area contributed by atoms with E-state index in [0.29, 0.717) is 22.5 Å². The number of halogens is 2.